The van der Waals surface area contributed by atoms with Gasteiger partial charge in [0.05, 0.1) is 0 Å². The summed E-state index contributed by atoms with van der Waals surface area (Å²) in [7, 11) is 1.52. The maximum absolute atomic E-state index is 13.3. The monoisotopic (exact) mass is 443 g/mol. The molecule has 2 N–H and O–H groups in total. The highest BCUT2D eigenvalue weighted by atomic mass is 16.4. The van der Waals surface area contributed by atoms with Crippen molar-refractivity contribution in [1.29, 1.82) is 0 Å². The number of fused-ring (bicyclic) bond motifs is 1. The molecule has 2 unspecified atom stereocenters. The third kappa shape index (κ3) is 6.47. The van der Waals surface area contributed by atoms with Gasteiger partial charge in [-0.05, 0) is 54.4 Å². The number of benzene rings is 1. The minimum Gasteiger partial charge on any atom is -0.465 e. The smallest absolute Gasteiger partial charge is 0.407 e. The number of nitrogens with zero attached hydrogens (tertiary/aromatic N) is 2. The van der Waals surface area contributed by atoms with Crippen LogP contribution in [-0.4, -0.2) is 59.1 Å². The Labute approximate surface area is 193 Å². The van der Waals surface area contributed by atoms with Crippen LogP contribution in [0.5, 0.6) is 0 Å². The van der Waals surface area contributed by atoms with E-state index in [1.54, 1.807) is 0 Å². The fourth-order valence-electron chi connectivity index (χ4n) is 5.87. The molecule has 1 aliphatic carbocycles. The summed E-state index contributed by atoms with van der Waals surface area (Å²) in [4.78, 5) is 28.7. The number of hydrogen-bond acceptors (Lipinski definition) is 3. The van der Waals surface area contributed by atoms with Gasteiger partial charge in [-0.2, -0.15) is 0 Å². The SMILES string of the molecule is CC(CC(C(=O)N[C@H]1CC[C@@H]2CN(Cc3ccccc3)C[C@@H]21)N(C)C(=O)O)CC(C)(C)C. The number of likely N-dealkylation sites (tertiary alicyclic amines) is 1. The van der Waals surface area contributed by atoms with E-state index >= 15 is 0 Å². The number of hydrogen-bond donors (Lipinski definition) is 2. The molecule has 5 atom stereocenters. The van der Waals surface area contributed by atoms with E-state index in [0.29, 0.717) is 18.3 Å². The van der Waals surface area contributed by atoms with Crippen molar-refractivity contribution in [2.75, 3.05) is 20.1 Å². The Hall–Kier alpha value is -2.08. The largest absolute Gasteiger partial charge is 0.465 e. The molecule has 2 fully saturated rings. The van der Waals surface area contributed by atoms with Crippen molar-refractivity contribution in [2.24, 2.45) is 23.2 Å². The third-order valence-corrected chi connectivity index (χ3v) is 7.17. The lowest BCUT2D eigenvalue weighted by Gasteiger charge is -2.31. The maximum Gasteiger partial charge on any atom is 0.407 e. The first-order valence-corrected chi connectivity index (χ1v) is 12.1. The Balaban J connectivity index is 1.61. The van der Waals surface area contributed by atoms with Crippen LogP contribution in [0.25, 0.3) is 0 Å². The molecule has 0 radical (unpaired) electrons. The summed E-state index contributed by atoms with van der Waals surface area (Å²) < 4.78 is 0. The predicted molar refractivity (Wildman–Crippen MR) is 127 cm³/mol. The molecule has 3 rings (SSSR count). The lowest BCUT2D eigenvalue weighted by molar-refractivity contribution is -0.127. The molecule has 1 aromatic carbocycles. The van der Waals surface area contributed by atoms with Gasteiger partial charge < -0.3 is 10.4 Å². The standard InChI is InChI=1S/C26H41N3O3/c1-18(14-26(2,3)4)13-23(28(5)25(31)32)24(30)27-22-12-11-20-16-29(17-21(20)22)15-19-9-7-6-8-10-19/h6-10,18,20-23H,11-17H2,1-5H3,(H,27,30)(H,31,32)/t18?,20-,21+,22+,23?/m1/s1. The van der Waals surface area contributed by atoms with Gasteiger partial charge in [-0.3, -0.25) is 14.6 Å². The average Bonchev–Trinajstić information content (AvgIpc) is 3.26. The molecule has 1 saturated carbocycles. The number of carboxylic acid groups (broad SMARTS) is 1. The van der Waals surface area contributed by atoms with Crippen LogP contribution in [0.15, 0.2) is 30.3 Å². The number of amides is 2. The Kier molecular flexibility index (Phi) is 7.86. The van der Waals surface area contributed by atoms with E-state index in [-0.39, 0.29) is 23.3 Å². The summed E-state index contributed by atoms with van der Waals surface area (Å²) in [6.45, 7) is 11.7. The van der Waals surface area contributed by atoms with Crippen LogP contribution in [0, 0.1) is 23.2 Å². The summed E-state index contributed by atoms with van der Waals surface area (Å²) in [5, 5.41) is 12.8. The van der Waals surface area contributed by atoms with E-state index in [2.05, 4.69) is 62.2 Å². The molecule has 2 aliphatic rings. The maximum atomic E-state index is 13.3. The molecule has 2 amide bonds. The van der Waals surface area contributed by atoms with Crippen LogP contribution in [0.3, 0.4) is 0 Å². The van der Waals surface area contributed by atoms with Crippen molar-refractivity contribution in [3.63, 3.8) is 0 Å². The van der Waals surface area contributed by atoms with E-state index in [1.807, 2.05) is 6.07 Å². The van der Waals surface area contributed by atoms with E-state index < -0.39 is 12.1 Å². The van der Waals surface area contributed by atoms with Gasteiger partial charge in [-0.1, -0.05) is 58.0 Å². The highest BCUT2D eigenvalue weighted by molar-refractivity contribution is 5.85. The van der Waals surface area contributed by atoms with Gasteiger partial charge in [0.2, 0.25) is 5.91 Å². The zero-order valence-corrected chi connectivity index (χ0v) is 20.4. The second kappa shape index (κ2) is 10.2. The normalized spacial score (nSPS) is 25.2. The summed E-state index contributed by atoms with van der Waals surface area (Å²) >= 11 is 0. The average molecular weight is 444 g/mol. The third-order valence-electron chi connectivity index (χ3n) is 7.17. The van der Waals surface area contributed by atoms with Crippen molar-refractivity contribution in [3.8, 4) is 0 Å². The second-order valence-electron chi connectivity index (χ2n) is 11.3. The molecule has 1 aliphatic heterocycles. The predicted octanol–water partition coefficient (Wildman–Crippen LogP) is 4.45. The Morgan fingerprint density at radius 2 is 1.88 bits per heavy atom. The number of likely N-dealkylation sites (N-methyl/N-ethyl adjacent to an activating group) is 1. The van der Waals surface area contributed by atoms with Gasteiger partial charge in [-0.15, -0.1) is 0 Å². The molecule has 178 valence electrons. The second-order valence-corrected chi connectivity index (χ2v) is 11.3. The van der Waals surface area contributed by atoms with Crippen molar-refractivity contribution in [3.05, 3.63) is 35.9 Å². The molecule has 1 aromatic rings. The summed E-state index contributed by atoms with van der Waals surface area (Å²) in [5.41, 5.74) is 1.47. The minimum absolute atomic E-state index is 0.135. The Morgan fingerprint density at radius 3 is 2.50 bits per heavy atom. The quantitative estimate of drug-likeness (QED) is 0.622. The molecule has 6 heteroatoms. The van der Waals surface area contributed by atoms with E-state index in [1.165, 1.54) is 17.5 Å². The fraction of sp³-hybridized carbons (Fsp3) is 0.692. The highest BCUT2D eigenvalue weighted by Gasteiger charge is 2.44. The van der Waals surface area contributed by atoms with Gasteiger partial charge in [-0.25, -0.2) is 4.79 Å². The number of rotatable bonds is 8. The highest BCUT2D eigenvalue weighted by Crippen LogP contribution is 2.39. The van der Waals surface area contributed by atoms with E-state index in [9.17, 15) is 14.7 Å². The van der Waals surface area contributed by atoms with Crippen LogP contribution >= 0.6 is 0 Å². The van der Waals surface area contributed by atoms with Gasteiger partial charge >= 0.3 is 6.09 Å². The van der Waals surface area contributed by atoms with Crippen LogP contribution in [0.1, 0.15) is 58.9 Å². The zero-order valence-electron chi connectivity index (χ0n) is 20.4. The van der Waals surface area contributed by atoms with Crippen LogP contribution in [-0.2, 0) is 11.3 Å². The molecule has 6 nitrogen and oxygen atoms in total. The molecule has 0 aromatic heterocycles. The molecule has 0 bridgehead atoms. The Morgan fingerprint density at radius 1 is 1.19 bits per heavy atom. The first-order chi connectivity index (χ1) is 15.0. The molecule has 1 saturated heterocycles. The van der Waals surface area contributed by atoms with Crippen molar-refractivity contribution < 1.29 is 14.7 Å². The van der Waals surface area contributed by atoms with Crippen molar-refractivity contribution >= 4 is 12.0 Å². The number of carbonyl (C=O) groups excluding carboxylic acids is 1. The number of carbonyl (C=O) groups is 2. The Bertz CT molecular complexity index is 776. The first kappa shape index (κ1) is 24.6. The minimum atomic E-state index is -1.05. The van der Waals surface area contributed by atoms with Gasteiger partial charge in [0.25, 0.3) is 0 Å². The van der Waals surface area contributed by atoms with Gasteiger partial charge in [0.15, 0.2) is 0 Å². The fourth-order valence-corrected chi connectivity index (χ4v) is 5.87. The summed E-state index contributed by atoms with van der Waals surface area (Å²) in [6, 6.07) is 10.0. The van der Waals surface area contributed by atoms with Crippen LogP contribution < -0.4 is 5.32 Å². The lowest BCUT2D eigenvalue weighted by Crippen LogP contribution is -2.52. The molecule has 32 heavy (non-hydrogen) atoms. The van der Waals surface area contributed by atoms with E-state index in [0.717, 1.165) is 38.9 Å². The van der Waals surface area contributed by atoms with Crippen molar-refractivity contribution in [2.45, 2.75) is 72.0 Å². The van der Waals surface area contributed by atoms with Gasteiger partial charge in [0, 0.05) is 32.7 Å². The number of nitrogens with one attached hydrogen (secondary N) is 1. The van der Waals surface area contributed by atoms with E-state index in [4.69, 9.17) is 0 Å². The molecule has 1 heterocycles. The first-order valence-electron chi connectivity index (χ1n) is 12.1. The van der Waals surface area contributed by atoms with Gasteiger partial charge in [0.1, 0.15) is 6.04 Å². The van der Waals surface area contributed by atoms with Crippen LogP contribution in [0.4, 0.5) is 4.79 Å². The zero-order chi connectivity index (χ0) is 23.5. The molecular weight excluding hydrogens is 402 g/mol. The summed E-state index contributed by atoms with van der Waals surface area (Å²) in [5.74, 6) is 1.18. The molecule has 0 spiro atoms. The van der Waals surface area contributed by atoms with Crippen molar-refractivity contribution in [1.82, 2.24) is 15.1 Å². The lowest BCUT2D eigenvalue weighted by atomic mass is 9.82. The van der Waals surface area contributed by atoms with Crippen LogP contribution in [0.2, 0.25) is 0 Å². The topological polar surface area (TPSA) is 72.9 Å². The molecular formula is C26H41N3O3. The summed E-state index contributed by atoms with van der Waals surface area (Å²) in [6.07, 6.45) is 2.56.